The Labute approximate surface area is 126 Å². The monoisotopic (exact) mass is 291 g/mol. The van der Waals surface area contributed by atoms with E-state index in [4.69, 9.17) is 0 Å². The van der Waals surface area contributed by atoms with Crippen LogP contribution in [-0.4, -0.2) is 64.4 Å². The molecule has 1 N–H and O–H groups in total. The van der Waals surface area contributed by atoms with Gasteiger partial charge in [0, 0.05) is 38.1 Å². The van der Waals surface area contributed by atoms with Crippen molar-refractivity contribution >= 4 is 6.03 Å². The van der Waals surface area contributed by atoms with Crippen molar-refractivity contribution in [3.05, 3.63) is 18.5 Å². The molecule has 2 amide bonds. The molecule has 1 atom stereocenters. The minimum Gasteiger partial charge on any atom is -0.336 e. The van der Waals surface area contributed by atoms with Crippen LogP contribution < -0.4 is 5.32 Å². The number of urea groups is 1. The molecule has 6 heteroatoms. The first-order valence-corrected chi connectivity index (χ1v) is 8.07. The van der Waals surface area contributed by atoms with E-state index in [1.165, 1.54) is 32.4 Å². The van der Waals surface area contributed by atoms with Crippen LogP contribution in [0, 0.1) is 0 Å². The fourth-order valence-corrected chi connectivity index (χ4v) is 3.33. The third-order valence-electron chi connectivity index (χ3n) is 4.53. The van der Waals surface area contributed by atoms with E-state index in [1.807, 2.05) is 21.8 Å². The van der Waals surface area contributed by atoms with Crippen molar-refractivity contribution in [1.29, 1.82) is 0 Å². The van der Waals surface area contributed by atoms with Crippen LogP contribution in [0.2, 0.25) is 0 Å². The molecule has 2 fully saturated rings. The first-order chi connectivity index (χ1) is 10.3. The summed E-state index contributed by atoms with van der Waals surface area (Å²) in [6, 6.07) is 2.54. The quantitative estimate of drug-likeness (QED) is 0.905. The third kappa shape index (κ3) is 3.75. The Morgan fingerprint density at radius 1 is 1.24 bits per heavy atom. The van der Waals surface area contributed by atoms with Gasteiger partial charge in [0.05, 0.1) is 6.54 Å². The van der Waals surface area contributed by atoms with Crippen LogP contribution in [0.1, 0.15) is 25.7 Å². The summed E-state index contributed by atoms with van der Waals surface area (Å²) in [6.45, 7) is 5.54. The smallest absolute Gasteiger partial charge is 0.317 e. The van der Waals surface area contributed by atoms with Crippen molar-refractivity contribution in [3.8, 4) is 0 Å². The average molecular weight is 291 g/mol. The van der Waals surface area contributed by atoms with Crippen LogP contribution in [0.3, 0.4) is 0 Å². The number of aromatic nitrogens is 2. The molecule has 21 heavy (non-hydrogen) atoms. The SMILES string of the molecule is O=C(NCCn1cccn1)N1CCC(N2CCCCC2)C1. The summed E-state index contributed by atoms with van der Waals surface area (Å²) in [5.41, 5.74) is 0. The van der Waals surface area contributed by atoms with Crippen LogP contribution in [-0.2, 0) is 6.54 Å². The van der Waals surface area contributed by atoms with E-state index in [9.17, 15) is 4.79 Å². The molecule has 0 aromatic carbocycles. The van der Waals surface area contributed by atoms with Gasteiger partial charge in [-0.3, -0.25) is 9.58 Å². The average Bonchev–Trinajstić information content (AvgIpc) is 3.20. The van der Waals surface area contributed by atoms with Gasteiger partial charge in [0.15, 0.2) is 0 Å². The van der Waals surface area contributed by atoms with E-state index in [0.717, 1.165) is 26.1 Å². The number of amides is 2. The van der Waals surface area contributed by atoms with Crippen molar-refractivity contribution in [1.82, 2.24) is 24.9 Å². The number of likely N-dealkylation sites (tertiary alicyclic amines) is 2. The van der Waals surface area contributed by atoms with E-state index in [1.54, 1.807) is 6.20 Å². The molecule has 0 aliphatic carbocycles. The Hall–Kier alpha value is -1.56. The highest BCUT2D eigenvalue weighted by molar-refractivity contribution is 5.74. The first-order valence-electron chi connectivity index (χ1n) is 8.07. The second-order valence-corrected chi connectivity index (χ2v) is 5.99. The zero-order chi connectivity index (χ0) is 14.5. The lowest BCUT2D eigenvalue weighted by Crippen LogP contribution is -2.44. The molecule has 0 saturated carbocycles. The van der Waals surface area contributed by atoms with Crippen LogP contribution in [0.25, 0.3) is 0 Å². The molecule has 116 valence electrons. The normalized spacial score (nSPS) is 23.4. The van der Waals surface area contributed by atoms with Crippen molar-refractivity contribution in [2.45, 2.75) is 38.3 Å². The Balaban J connectivity index is 1.39. The van der Waals surface area contributed by atoms with Gasteiger partial charge in [0.25, 0.3) is 0 Å². The van der Waals surface area contributed by atoms with Gasteiger partial charge in [-0.15, -0.1) is 0 Å². The highest BCUT2D eigenvalue weighted by atomic mass is 16.2. The van der Waals surface area contributed by atoms with Gasteiger partial charge in [-0.05, 0) is 38.4 Å². The molecule has 1 aromatic heterocycles. The fraction of sp³-hybridized carbons (Fsp3) is 0.733. The second-order valence-electron chi connectivity index (χ2n) is 5.99. The molecule has 2 aliphatic rings. The van der Waals surface area contributed by atoms with Gasteiger partial charge in [0.1, 0.15) is 0 Å². The zero-order valence-electron chi connectivity index (χ0n) is 12.6. The lowest BCUT2D eigenvalue weighted by Gasteiger charge is -2.32. The summed E-state index contributed by atoms with van der Waals surface area (Å²) in [5, 5.41) is 7.12. The van der Waals surface area contributed by atoms with E-state index >= 15 is 0 Å². The number of hydrogen-bond donors (Lipinski definition) is 1. The maximum atomic E-state index is 12.2. The highest BCUT2D eigenvalue weighted by Crippen LogP contribution is 2.20. The Kier molecular flexibility index (Phi) is 4.75. The molecule has 3 heterocycles. The fourth-order valence-electron chi connectivity index (χ4n) is 3.33. The van der Waals surface area contributed by atoms with Crippen LogP contribution in [0.5, 0.6) is 0 Å². The molecule has 0 radical (unpaired) electrons. The maximum Gasteiger partial charge on any atom is 0.317 e. The van der Waals surface area contributed by atoms with E-state index in [0.29, 0.717) is 12.6 Å². The summed E-state index contributed by atoms with van der Waals surface area (Å²) >= 11 is 0. The number of hydrogen-bond acceptors (Lipinski definition) is 3. The Morgan fingerprint density at radius 3 is 2.86 bits per heavy atom. The Bertz CT molecular complexity index is 441. The molecule has 1 aromatic rings. The predicted molar refractivity (Wildman–Crippen MR) is 81.0 cm³/mol. The van der Waals surface area contributed by atoms with Crippen LogP contribution in [0.4, 0.5) is 4.79 Å². The number of piperidine rings is 1. The highest BCUT2D eigenvalue weighted by Gasteiger charge is 2.30. The minimum atomic E-state index is 0.0710. The molecule has 3 rings (SSSR count). The van der Waals surface area contributed by atoms with Crippen LogP contribution in [0.15, 0.2) is 18.5 Å². The third-order valence-corrected chi connectivity index (χ3v) is 4.53. The number of rotatable bonds is 4. The summed E-state index contributed by atoms with van der Waals surface area (Å²) in [7, 11) is 0. The summed E-state index contributed by atoms with van der Waals surface area (Å²) < 4.78 is 1.83. The minimum absolute atomic E-state index is 0.0710. The van der Waals surface area contributed by atoms with Gasteiger partial charge in [-0.1, -0.05) is 6.42 Å². The molecule has 1 unspecified atom stereocenters. The number of carbonyl (C=O) groups excluding carboxylic acids is 1. The first kappa shape index (κ1) is 14.4. The lowest BCUT2D eigenvalue weighted by molar-refractivity contribution is 0.161. The van der Waals surface area contributed by atoms with Crippen LogP contribution >= 0.6 is 0 Å². The number of nitrogens with zero attached hydrogens (tertiary/aromatic N) is 4. The van der Waals surface area contributed by atoms with Gasteiger partial charge >= 0.3 is 6.03 Å². The molecule has 2 aliphatic heterocycles. The summed E-state index contributed by atoms with van der Waals surface area (Å²) in [6.07, 6.45) is 8.77. The number of carbonyl (C=O) groups is 1. The lowest BCUT2D eigenvalue weighted by atomic mass is 10.1. The topological polar surface area (TPSA) is 53.4 Å². The molecule has 6 nitrogen and oxygen atoms in total. The number of nitrogens with one attached hydrogen (secondary N) is 1. The van der Waals surface area contributed by atoms with Crippen molar-refractivity contribution in [2.24, 2.45) is 0 Å². The van der Waals surface area contributed by atoms with Gasteiger partial charge < -0.3 is 10.2 Å². The largest absolute Gasteiger partial charge is 0.336 e. The van der Waals surface area contributed by atoms with Gasteiger partial charge in [0.2, 0.25) is 0 Å². The molecular weight excluding hydrogens is 266 g/mol. The van der Waals surface area contributed by atoms with Crippen molar-refractivity contribution in [2.75, 3.05) is 32.7 Å². The van der Waals surface area contributed by atoms with E-state index < -0.39 is 0 Å². The van der Waals surface area contributed by atoms with E-state index in [-0.39, 0.29) is 6.03 Å². The summed E-state index contributed by atoms with van der Waals surface area (Å²) in [5.74, 6) is 0. The zero-order valence-corrected chi connectivity index (χ0v) is 12.6. The molecule has 0 bridgehead atoms. The van der Waals surface area contributed by atoms with Crippen molar-refractivity contribution < 1.29 is 4.79 Å². The Morgan fingerprint density at radius 2 is 2.10 bits per heavy atom. The predicted octanol–water partition coefficient (Wildman–Crippen LogP) is 1.15. The molecule has 2 saturated heterocycles. The molecular formula is C15H25N5O. The standard InChI is InChI=1S/C15H25N5O/c21-15(16-7-12-20-10-4-6-17-20)19-11-5-14(13-19)18-8-2-1-3-9-18/h4,6,10,14H,1-3,5,7-9,11-13H2,(H,16,21). The van der Waals surface area contributed by atoms with E-state index in [2.05, 4.69) is 15.3 Å². The van der Waals surface area contributed by atoms with Crippen molar-refractivity contribution in [3.63, 3.8) is 0 Å². The van der Waals surface area contributed by atoms with Gasteiger partial charge in [-0.2, -0.15) is 5.10 Å². The molecule has 0 spiro atoms. The maximum absolute atomic E-state index is 12.2. The second kappa shape index (κ2) is 6.93. The van der Waals surface area contributed by atoms with Gasteiger partial charge in [-0.25, -0.2) is 4.79 Å². The summed E-state index contributed by atoms with van der Waals surface area (Å²) in [4.78, 5) is 16.7.